The fourth-order valence-corrected chi connectivity index (χ4v) is 3.85. The Labute approximate surface area is 134 Å². The van der Waals surface area contributed by atoms with E-state index in [0.717, 1.165) is 30.3 Å². The molecule has 0 aliphatic carbocycles. The van der Waals surface area contributed by atoms with Gasteiger partial charge in [0.15, 0.2) is 0 Å². The van der Waals surface area contributed by atoms with Gasteiger partial charge in [0.05, 0.1) is 13.0 Å². The number of hydrogen-bond acceptors (Lipinski definition) is 4. The minimum absolute atomic E-state index is 0.0120. The number of nitrogens with zero attached hydrogens (tertiary/aromatic N) is 2. The van der Waals surface area contributed by atoms with E-state index in [2.05, 4.69) is 0 Å². The van der Waals surface area contributed by atoms with E-state index in [9.17, 15) is 9.59 Å². The van der Waals surface area contributed by atoms with Crippen LogP contribution in [0.25, 0.3) is 0 Å². The standard InChI is InChI=1S/C16H20N2O3S/c1-21-14-4-2-3-13(10-14)18-11-12(9-15(18)19)16(20)17-5-7-22-8-6-17/h2-4,10,12H,5-9,11H2,1H3. The molecule has 1 aromatic rings. The molecule has 1 aromatic carbocycles. The molecular weight excluding hydrogens is 300 g/mol. The predicted octanol–water partition coefficient (Wildman–Crippen LogP) is 1.62. The fourth-order valence-electron chi connectivity index (χ4n) is 2.94. The molecule has 2 aliphatic rings. The van der Waals surface area contributed by atoms with Crippen molar-refractivity contribution in [3.8, 4) is 5.75 Å². The van der Waals surface area contributed by atoms with Gasteiger partial charge in [0.1, 0.15) is 5.75 Å². The van der Waals surface area contributed by atoms with Gasteiger partial charge in [0, 0.05) is 49.3 Å². The first-order valence-electron chi connectivity index (χ1n) is 7.50. The van der Waals surface area contributed by atoms with Gasteiger partial charge < -0.3 is 14.5 Å². The Morgan fingerprint density at radius 1 is 1.32 bits per heavy atom. The highest BCUT2D eigenvalue weighted by Gasteiger charge is 2.37. The molecule has 0 N–H and O–H groups in total. The van der Waals surface area contributed by atoms with Crippen molar-refractivity contribution in [1.82, 2.24) is 4.90 Å². The molecule has 0 aromatic heterocycles. The average Bonchev–Trinajstić information content (AvgIpc) is 2.97. The Morgan fingerprint density at radius 3 is 2.82 bits per heavy atom. The number of carbonyl (C=O) groups is 2. The van der Waals surface area contributed by atoms with Crippen LogP contribution in [0.3, 0.4) is 0 Å². The Morgan fingerprint density at radius 2 is 2.09 bits per heavy atom. The third-order valence-corrected chi connectivity index (χ3v) is 5.10. The number of ether oxygens (including phenoxy) is 1. The summed E-state index contributed by atoms with van der Waals surface area (Å²) in [6, 6.07) is 7.42. The lowest BCUT2D eigenvalue weighted by Crippen LogP contribution is -2.42. The summed E-state index contributed by atoms with van der Waals surface area (Å²) in [5.41, 5.74) is 0.800. The zero-order chi connectivity index (χ0) is 15.5. The number of hydrogen-bond donors (Lipinski definition) is 0. The van der Waals surface area contributed by atoms with Gasteiger partial charge in [-0.05, 0) is 12.1 Å². The van der Waals surface area contributed by atoms with E-state index in [4.69, 9.17) is 4.74 Å². The second-order valence-corrected chi connectivity index (χ2v) is 6.77. The molecule has 1 unspecified atom stereocenters. The van der Waals surface area contributed by atoms with Crippen molar-refractivity contribution >= 4 is 29.3 Å². The second-order valence-electron chi connectivity index (χ2n) is 5.54. The van der Waals surface area contributed by atoms with Gasteiger partial charge in [-0.25, -0.2) is 0 Å². The average molecular weight is 320 g/mol. The highest BCUT2D eigenvalue weighted by atomic mass is 32.2. The van der Waals surface area contributed by atoms with Crippen LogP contribution >= 0.6 is 11.8 Å². The molecule has 1 atom stereocenters. The Kier molecular flexibility index (Phi) is 4.57. The van der Waals surface area contributed by atoms with Crippen molar-refractivity contribution in [3.05, 3.63) is 24.3 Å². The molecule has 0 spiro atoms. The van der Waals surface area contributed by atoms with Crippen LogP contribution in [0.5, 0.6) is 5.75 Å². The SMILES string of the molecule is COc1cccc(N2CC(C(=O)N3CCSCC3)CC2=O)c1. The molecule has 22 heavy (non-hydrogen) atoms. The molecule has 0 radical (unpaired) electrons. The predicted molar refractivity (Wildman–Crippen MR) is 87.4 cm³/mol. The largest absolute Gasteiger partial charge is 0.497 e. The van der Waals surface area contributed by atoms with Crippen molar-refractivity contribution < 1.29 is 14.3 Å². The van der Waals surface area contributed by atoms with E-state index < -0.39 is 0 Å². The lowest BCUT2D eigenvalue weighted by molar-refractivity contribution is -0.135. The van der Waals surface area contributed by atoms with E-state index in [1.807, 2.05) is 40.9 Å². The molecule has 2 heterocycles. The van der Waals surface area contributed by atoms with Crippen molar-refractivity contribution in [1.29, 1.82) is 0 Å². The maximum Gasteiger partial charge on any atom is 0.228 e. The molecule has 2 fully saturated rings. The zero-order valence-corrected chi connectivity index (χ0v) is 13.5. The Balaban J connectivity index is 1.71. The van der Waals surface area contributed by atoms with Crippen LogP contribution in [0.2, 0.25) is 0 Å². The highest BCUT2D eigenvalue weighted by molar-refractivity contribution is 7.99. The van der Waals surface area contributed by atoms with E-state index in [-0.39, 0.29) is 17.7 Å². The van der Waals surface area contributed by atoms with Gasteiger partial charge in [-0.15, -0.1) is 0 Å². The van der Waals surface area contributed by atoms with Gasteiger partial charge in [-0.2, -0.15) is 11.8 Å². The maximum absolute atomic E-state index is 12.6. The summed E-state index contributed by atoms with van der Waals surface area (Å²) in [4.78, 5) is 28.4. The smallest absolute Gasteiger partial charge is 0.228 e. The quantitative estimate of drug-likeness (QED) is 0.849. The number of anilines is 1. The number of amides is 2. The summed E-state index contributed by atoms with van der Waals surface area (Å²) in [5, 5.41) is 0. The van der Waals surface area contributed by atoms with Gasteiger partial charge in [-0.3, -0.25) is 9.59 Å². The molecule has 2 saturated heterocycles. The fraction of sp³-hybridized carbons (Fsp3) is 0.500. The van der Waals surface area contributed by atoms with Crippen LogP contribution in [-0.4, -0.2) is 55.0 Å². The number of carbonyl (C=O) groups excluding carboxylic acids is 2. The summed E-state index contributed by atoms with van der Waals surface area (Å²) in [6.07, 6.45) is 0.305. The summed E-state index contributed by atoms with van der Waals surface area (Å²) in [6.45, 7) is 2.06. The molecule has 118 valence electrons. The first-order valence-corrected chi connectivity index (χ1v) is 8.65. The lowest BCUT2D eigenvalue weighted by atomic mass is 10.1. The van der Waals surface area contributed by atoms with Crippen LogP contribution in [0, 0.1) is 5.92 Å². The molecular formula is C16H20N2O3S. The van der Waals surface area contributed by atoms with Crippen molar-refractivity contribution in [2.45, 2.75) is 6.42 Å². The summed E-state index contributed by atoms with van der Waals surface area (Å²) in [7, 11) is 1.60. The van der Waals surface area contributed by atoms with Crippen molar-refractivity contribution in [2.24, 2.45) is 5.92 Å². The third-order valence-electron chi connectivity index (χ3n) is 4.16. The van der Waals surface area contributed by atoms with E-state index in [0.29, 0.717) is 18.7 Å². The summed E-state index contributed by atoms with van der Waals surface area (Å²) < 4.78 is 5.20. The Hall–Kier alpha value is -1.69. The second kappa shape index (κ2) is 6.60. The zero-order valence-electron chi connectivity index (χ0n) is 12.7. The topological polar surface area (TPSA) is 49.9 Å². The van der Waals surface area contributed by atoms with Gasteiger partial charge >= 0.3 is 0 Å². The van der Waals surface area contributed by atoms with E-state index in [1.165, 1.54) is 0 Å². The maximum atomic E-state index is 12.6. The molecule has 2 aliphatic heterocycles. The number of rotatable bonds is 3. The van der Waals surface area contributed by atoms with Crippen LogP contribution in [0.4, 0.5) is 5.69 Å². The monoisotopic (exact) mass is 320 g/mol. The Bertz CT molecular complexity index is 572. The van der Waals surface area contributed by atoms with Gasteiger partial charge in [0.2, 0.25) is 11.8 Å². The molecule has 0 bridgehead atoms. The summed E-state index contributed by atoms with van der Waals surface area (Å²) >= 11 is 1.88. The first-order chi connectivity index (χ1) is 10.7. The molecule has 6 heteroatoms. The van der Waals surface area contributed by atoms with Crippen molar-refractivity contribution in [2.75, 3.05) is 43.1 Å². The van der Waals surface area contributed by atoms with Gasteiger partial charge in [-0.1, -0.05) is 6.07 Å². The van der Waals surface area contributed by atoms with Crippen LogP contribution in [-0.2, 0) is 9.59 Å². The normalized spacial score (nSPS) is 22.0. The number of methoxy groups -OCH3 is 1. The first kappa shape index (κ1) is 15.2. The molecule has 0 saturated carbocycles. The van der Waals surface area contributed by atoms with Crippen LogP contribution in [0.1, 0.15) is 6.42 Å². The van der Waals surface area contributed by atoms with Crippen LogP contribution in [0.15, 0.2) is 24.3 Å². The molecule has 3 rings (SSSR count). The van der Waals surface area contributed by atoms with Gasteiger partial charge in [0.25, 0.3) is 0 Å². The lowest BCUT2D eigenvalue weighted by Gasteiger charge is -2.28. The van der Waals surface area contributed by atoms with E-state index >= 15 is 0 Å². The minimum Gasteiger partial charge on any atom is -0.497 e. The minimum atomic E-state index is -0.221. The number of thioether (sulfide) groups is 1. The van der Waals surface area contributed by atoms with E-state index in [1.54, 1.807) is 12.0 Å². The third kappa shape index (κ3) is 3.06. The van der Waals surface area contributed by atoms with Crippen LogP contribution < -0.4 is 9.64 Å². The highest BCUT2D eigenvalue weighted by Crippen LogP contribution is 2.29. The van der Waals surface area contributed by atoms with Crippen molar-refractivity contribution in [3.63, 3.8) is 0 Å². The number of benzene rings is 1. The molecule has 5 nitrogen and oxygen atoms in total. The molecule has 2 amide bonds. The summed E-state index contributed by atoms with van der Waals surface area (Å²) in [5.74, 6) is 2.62.